The summed E-state index contributed by atoms with van der Waals surface area (Å²) in [6.07, 6.45) is 0.203. The number of esters is 1. The van der Waals surface area contributed by atoms with E-state index in [1.54, 1.807) is 25.1 Å². The first kappa shape index (κ1) is 13.8. The lowest BCUT2D eigenvalue weighted by Crippen LogP contribution is -2.18. The number of nitriles is 1. The zero-order valence-electron chi connectivity index (χ0n) is 9.24. The van der Waals surface area contributed by atoms with Gasteiger partial charge in [0, 0.05) is 16.5 Å². The molecule has 1 aromatic rings. The minimum absolute atomic E-state index is 0.203. The van der Waals surface area contributed by atoms with Crippen molar-refractivity contribution in [2.24, 2.45) is 5.92 Å². The maximum atomic E-state index is 11.5. The van der Waals surface area contributed by atoms with Crippen molar-refractivity contribution in [1.82, 2.24) is 0 Å². The van der Waals surface area contributed by atoms with Gasteiger partial charge in [-0.2, -0.15) is 5.26 Å². The molecule has 0 aliphatic rings. The minimum atomic E-state index is -0.856. The van der Waals surface area contributed by atoms with Crippen LogP contribution in [0.3, 0.4) is 0 Å². The molecule has 5 heteroatoms. The van der Waals surface area contributed by atoms with Gasteiger partial charge in [0.25, 0.3) is 0 Å². The monoisotopic (exact) mass is 271 g/mol. The molecular formula is C12H11Cl2NO2. The maximum absolute atomic E-state index is 11.5. The van der Waals surface area contributed by atoms with Crippen LogP contribution in [0.5, 0.6) is 0 Å². The summed E-state index contributed by atoms with van der Waals surface area (Å²) in [5.41, 5.74) is 0.666. The van der Waals surface area contributed by atoms with Crippen LogP contribution >= 0.6 is 23.2 Å². The van der Waals surface area contributed by atoms with Crippen molar-refractivity contribution < 1.29 is 9.53 Å². The molecule has 0 fully saturated rings. The highest BCUT2D eigenvalue weighted by Gasteiger charge is 2.20. The standard InChI is InChI=1S/C12H11Cl2NO2/c1-2-17-12(16)9(7-15)5-8-6-10(13)3-4-11(8)14/h3-4,6,9H,2,5H2,1H3. The smallest absolute Gasteiger partial charge is 0.323 e. The van der Waals surface area contributed by atoms with Crippen LogP contribution in [0.25, 0.3) is 0 Å². The third-order valence-electron chi connectivity index (χ3n) is 2.16. The van der Waals surface area contributed by atoms with Gasteiger partial charge in [-0.1, -0.05) is 23.2 Å². The Labute approximate surface area is 110 Å². The highest BCUT2D eigenvalue weighted by Crippen LogP contribution is 2.23. The van der Waals surface area contributed by atoms with E-state index in [0.29, 0.717) is 15.6 Å². The highest BCUT2D eigenvalue weighted by atomic mass is 35.5. The normalized spacial score (nSPS) is 11.6. The number of nitrogens with zero attached hydrogens (tertiary/aromatic N) is 1. The number of carbonyl (C=O) groups is 1. The van der Waals surface area contributed by atoms with E-state index in [0.717, 1.165) is 0 Å². The van der Waals surface area contributed by atoms with Gasteiger partial charge in [0.05, 0.1) is 12.7 Å². The lowest BCUT2D eigenvalue weighted by Gasteiger charge is -2.09. The number of ether oxygens (including phenoxy) is 1. The predicted molar refractivity (Wildman–Crippen MR) is 65.9 cm³/mol. The van der Waals surface area contributed by atoms with Crippen LogP contribution in [-0.4, -0.2) is 12.6 Å². The Bertz CT molecular complexity index is 454. The molecule has 1 aromatic carbocycles. The van der Waals surface area contributed by atoms with Gasteiger partial charge in [-0.3, -0.25) is 4.79 Å². The van der Waals surface area contributed by atoms with Gasteiger partial charge in [-0.05, 0) is 30.7 Å². The SMILES string of the molecule is CCOC(=O)C(C#N)Cc1cc(Cl)ccc1Cl. The van der Waals surface area contributed by atoms with Crippen molar-refractivity contribution in [1.29, 1.82) is 5.26 Å². The van der Waals surface area contributed by atoms with Gasteiger partial charge in [-0.25, -0.2) is 0 Å². The van der Waals surface area contributed by atoms with E-state index in [2.05, 4.69) is 0 Å². The second-order valence-corrected chi connectivity index (χ2v) is 4.22. The zero-order valence-corrected chi connectivity index (χ0v) is 10.8. The van der Waals surface area contributed by atoms with Crippen molar-refractivity contribution in [2.45, 2.75) is 13.3 Å². The molecule has 0 saturated heterocycles. The fourth-order valence-corrected chi connectivity index (χ4v) is 1.73. The van der Waals surface area contributed by atoms with E-state index in [-0.39, 0.29) is 13.0 Å². The molecule has 17 heavy (non-hydrogen) atoms. The van der Waals surface area contributed by atoms with E-state index < -0.39 is 11.9 Å². The molecule has 3 nitrogen and oxygen atoms in total. The lowest BCUT2D eigenvalue weighted by molar-refractivity contribution is -0.145. The first-order chi connectivity index (χ1) is 8.08. The van der Waals surface area contributed by atoms with Crippen LogP contribution in [0, 0.1) is 17.2 Å². The Kier molecular flexibility index (Phi) is 5.27. The number of halogens is 2. The van der Waals surface area contributed by atoms with Crippen LogP contribution < -0.4 is 0 Å². The topological polar surface area (TPSA) is 50.1 Å². The Morgan fingerprint density at radius 2 is 2.24 bits per heavy atom. The Morgan fingerprint density at radius 3 is 2.82 bits per heavy atom. The summed E-state index contributed by atoms with van der Waals surface area (Å²) in [6.45, 7) is 1.94. The molecule has 1 rings (SSSR count). The van der Waals surface area contributed by atoms with Crippen molar-refractivity contribution in [3.63, 3.8) is 0 Å². The molecule has 0 saturated carbocycles. The van der Waals surface area contributed by atoms with Gasteiger partial charge >= 0.3 is 5.97 Å². The molecular weight excluding hydrogens is 261 g/mol. The highest BCUT2D eigenvalue weighted by molar-refractivity contribution is 6.33. The molecule has 0 radical (unpaired) electrons. The zero-order chi connectivity index (χ0) is 12.8. The first-order valence-electron chi connectivity index (χ1n) is 5.08. The number of benzene rings is 1. The summed E-state index contributed by atoms with van der Waals surface area (Å²) < 4.78 is 4.80. The molecule has 1 unspecified atom stereocenters. The van der Waals surface area contributed by atoms with Crippen LogP contribution in [0.1, 0.15) is 12.5 Å². The van der Waals surface area contributed by atoms with E-state index in [1.807, 2.05) is 6.07 Å². The van der Waals surface area contributed by atoms with Gasteiger partial charge in [0.1, 0.15) is 5.92 Å². The quantitative estimate of drug-likeness (QED) is 0.790. The van der Waals surface area contributed by atoms with E-state index >= 15 is 0 Å². The van der Waals surface area contributed by atoms with Crippen LogP contribution in [0.15, 0.2) is 18.2 Å². The average molecular weight is 272 g/mol. The summed E-state index contributed by atoms with van der Waals surface area (Å²) in [4.78, 5) is 11.5. The van der Waals surface area contributed by atoms with E-state index in [1.165, 1.54) is 0 Å². The molecule has 0 aliphatic heterocycles. The third kappa shape index (κ3) is 3.92. The molecule has 1 atom stereocenters. The van der Waals surface area contributed by atoms with Crippen LogP contribution in [-0.2, 0) is 16.0 Å². The molecule has 90 valence electrons. The summed E-state index contributed by atoms with van der Waals surface area (Å²) in [6, 6.07) is 6.84. The summed E-state index contributed by atoms with van der Waals surface area (Å²) in [7, 11) is 0. The first-order valence-corrected chi connectivity index (χ1v) is 5.84. The Morgan fingerprint density at radius 1 is 1.53 bits per heavy atom. The number of carbonyl (C=O) groups excluding carboxylic acids is 1. The van der Waals surface area contributed by atoms with Crippen LogP contribution in [0.4, 0.5) is 0 Å². The number of hydrogen-bond donors (Lipinski definition) is 0. The molecule has 0 spiro atoms. The third-order valence-corrected chi connectivity index (χ3v) is 2.76. The molecule has 0 bridgehead atoms. The summed E-state index contributed by atoms with van der Waals surface area (Å²) in [5.74, 6) is -1.39. The predicted octanol–water partition coefficient (Wildman–Crippen LogP) is 3.24. The van der Waals surface area contributed by atoms with Gasteiger partial charge < -0.3 is 4.74 Å². The molecule has 0 aromatic heterocycles. The largest absolute Gasteiger partial charge is 0.465 e. The van der Waals surface area contributed by atoms with Crippen molar-refractivity contribution in [2.75, 3.05) is 6.61 Å². The average Bonchev–Trinajstić information content (AvgIpc) is 2.30. The molecule has 0 N–H and O–H groups in total. The fraction of sp³-hybridized carbons (Fsp3) is 0.333. The van der Waals surface area contributed by atoms with E-state index in [4.69, 9.17) is 33.2 Å². The minimum Gasteiger partial charge on any atom is -0.465 e. The second kappa shape index (κ2) is 6.48. The van der Waals surface area contributed by atoms with Crippen molar-refractivity contribution in [3.05, 3.63) is 33.8 Å². The Balaban J connectivity index is 2.85. The fourth-order valence-electron chi connectivity index (χ4n) is 1.34. The van der Waals surface area contributed by atoms with Crippen molar-refractivity contribution in [3.8, 4) is 6.07 Å². The van der Waals surface area contributed by atoms with Gasteiger partial charge in [0.2, 0.25) is 0 Å². The Hall–Kier alpha value is -1.24. The summed E-state index contributed by atoms with van der Waals surface area (Å²) >= 11 is 11.8. The number of rotatable bonds is 4. The van der Waals surface area contributed by atoms with Gasteiger partial charge in [0.15, 0.2) is 0 Å². The summed E-state index contributed by atoms with van der Waals surface area (Å²) in [5, 5.41) is 9.92. The maximum Gasteiger partial charge on any atom is 0.323 e. The second-order valence-electron chi connectivity index (χ2n) is 3.37. The van der Waals surface area contributed by atoms with Crippen LogP contribution in [0.2, 0.25) is 10.0 Å². The number of hydrogen-bond acceptors (Lipinski definition) is 3. The lowest BCUT2D eigenvalue weighted by atomic mass is 10.0. The molecule has 0 heterocycles. The van der Waals surface area contributed by atoms with Gasteiger partial charge in [-0.15, -0.1) is 0 Å². The van der Waals surface area contributed by atoms with Crippen molar-refractivity contribution >= 4 is 29.2 Å². The molecule has 0 aliphatic carbocycles. The molecule has 0 amide bonds. The van der Waals surface area contributed by atoms with E-state index in [9.17, 15) is 4.79 Å².